The van der Waals surface area contributed by atoms with E-state index in [1.54, 1.807) is 0 Å². The minimum atomic E-state index is -0.581. The van der Waals surface area contributed by atoms with Gasteiger partial charge < -0.3 is 4.98 Å². The number of hydrogen-bond acceptors (Lipinski definition) is 1. The number of aromatic amines is 1. The molecule has 0 aliphatic heterocycles. The minimum Gasteiger partial charge on any atom is -0.326 e. The highest BCUT2D eigenvalue weighted by atomic mass is 19.1. The summed E-state index contributed by atoms with van der Waals surface area (Å²) in [6.45, 7) is 0. The van der Waals surface area contributed by atoms with Crippen molar-refractivity contribution in [1.29, 1.82) is 0 Å². The van der Waals surface area contributed by atoms with Gasteiger partial charge in [-0.1, -0.05) is 5.92 Å². The zero-order valence-electron chi connectivity index (χ0n) is 5.02. The van der Waals surface area contributed by atoms with E-state index >= 15 is 0 Å². The van der Waals surface area contributed by atoms with Crippen LogP contribution in [0.3, 0.4) is 0 Å². The molecule has 1 N–H and O–H groups in total. The second-order valence-corrected chi connectivity index (χ2v) is 1.70. The molecule has 0 aliphatic carbocycles. The standard InChI is InChI=1S/C7H4FNO/c1-2-5-3-7(10)9-4-6(5)8/h1,3-4H,(H,9,10). The molecule has 1 rings (SSSR count). The Morgan fingerprint density at radius 1 is 1.70 bits per heavy atom. The quantitative estimate of drug-likeness (QED) is 0.519. The summed E-state index contributed by atoms with van der Waals surface area (Å²) in [5.74, 6) is 1.46. The lowest BCUT2D eigenvalue weighted by molar-refractivity contribution is 0.616. The Labute approximate surface area is 56.7 Å². The first-order valence-corrected chi connectivity index (χ1v) is 2.59. The summed E-state index contributed by atoms with van der Waals surface area (Å²) in [6.07, 6.45) is 5.82. The third kappa shape index (κ3) is 1.06. The highest BCUT2D eigenvalue weighted by Crippen LogP contribution is 1.97. The van der Waals surface area contributed by atoms with Crippen molar-refractivity contribution in [3.63, 3.8) is 0 Å². The second kappa shape index (κ2) is 2.36. The van der Waals surface area contributed by atoms with Crippen LogP contribution in [0.5, 0.6) is 0 Å². The molecule has 0 unspecified atom stereocenters. The number of halogens is 1. The Morgan fingerprint density at radius 2 is 2.40 bits per heavy atom. The average molecular weight is 137 g/mol. The number of terminal acetylenes is 1. The van der Waals surface area contributed by atoms with Crippen molar-refractivity contribution in [3.8, 4) is 12.3 Å². The van der Waals surface area contributed by atoms with E-state index in [0.29, 0.717) is 0 Å². The maximum Gasteiger partial charge on any atom is 0.249 e. The van der Waals surface area contributed by atoms with E-state index in [4.69, 9.17) is 6.42 Å². The van der Waals surface area contributed by atoms with Gasteiger partial charge in [0.1, 0.15) is 0 Å². The van der Waals surface area contributed by atoms with Crippen molar-refractivity contribution >= 4 is 0 Å². The molecule has 0 bridgehead atoms. The molecule has 10 heavy (non-hydrogen) atoms. The summed E-state index contributed by atoms with van der Waals surface area (Å²) in [5, 5.41) is 0. The molecule has 3 heteroatoms. The van der Waals surface area contributed by atoms with Gasteiger partial charge in [0.25, 0.3) is 0 Å². The first-order chi connectivity index (χ1) is 4.74. The van der Waals surface area contributed by atoms with E-state index in [9.17, 15) is 9.18 Å². The first kappa shape index (κ1) is 6.56. The largest absolute Gasteiger partial charge is 0.326 e. The van der Waals surface area contributed by atoms with Gasteiger partial charge in [0.2, 0.25) is 5.56 Å². The van der Waals surface area contributed by atoms with Gasteiger partial charge in [-0.05, 0) is 0 Å². The van der Waals surface area contributed by atoms with Gasteiger partial charge in [-0.2, -0.15) is 0 Å². The maximum atomic E-state index is 12.5. The van der Waals surface area contributed by atoms with Crippen LogP contribution < -0.4 is 5.56 Å². The second-order valence-electron chi connectivity index (χ2n) is 1.70. The number of pyridine rings is 1. The molecule has 2 nitrogen and oxygen atoms in total. The predicted molar refractivity (Wildman–Crippen MR) is 35.0 cm³/mol. The number of H-pyrrole nitrogens is 1. The SMILES string of the molecule is C#Cc1cc(=O)[nH]cc1F. The summed E-state index contributed by atoms with van der Waals surface area (Å²) in [6, 6.07) is 1.04. The van der Waals surface area contributed by atoms with Gasteiger partial charge in [-0.3, -0.25) is 4.79 Å². The van der Waals surface area contributed by atoms with E-state index in [2.05, 4.69) is 4.98 Å². The highest BCUT2D eigenvalue weighted by Gasteiger charge is 1.96. The van der Waals surface area contributed by atoms with Crippen LogP contribution in [0.1, 0.15) is 5.56 Å². The average Bonchev–Trinajstić information content (AvgIpc) is 1.94. The fourth-order valence-corrected chi connectivity index (χ4v) is 0.565. The normalized spacial score (nSPS) is 8.80. The van der Waals surface area contributed by atoms with E-state index in [1.165, 1.54) is 0 Å². The summed E-state index contributed by atoms with van der Waals surface area (Å²) in [5.41, 5.74) is -0.405. The van der Waals surface area contributed by atoms with Crippen LogP contribution in [0.2, 0.25) is 0 Å². The Kier molecular flexibility index (Phi) is 1.55. The molecule has 0 aliphatic rings. The number of hydrogen-bond donors (Lipinski definition) is 1. The summed E-state index contributed by atoms with van der Waals surface area (Å²) in [7, 11) is 0. The fourth-order valence-electron chi connectivity index (χ4n) is 0.565. The third-order valence-electron chi connectivity index (χ3n) is 1.03. The maximum absolute atomic E-state index is 12.5. The molecular formula is C7H4FNO. The molecular weight excluding hydrogens is 133 g/mol. The lowest BCUT2D eigenvalue weighted by Gasteiger charge is -1.89. The van der Waals surface area contributed by atoms with Gasteiger partial charge in [0.15, 0.2) is 5.82 Å². The molecule has 0 aromatic carbocycles. The molecule has 0 amide bonds. The van der Waals surface area contributed by atoms with Gasteiger partial charge in [0, 0.05) is 12.3 Å². The van der Waals surface area contributed by atoms with Crippen LogP contribution in [0.4, 0.5) is 4.39 Å². The Morgan fingerprint density at radius 3 is 2.90 bits per heavy atom. The molecule has 1 heterocycles. The lowest BCUT2D eigenvalue weighted by Crippen LogP contribution is -2.05. The van der Waals surface area contributed by atoms with Crippen molar-refractivity contribution in [1.82, 2.24) is 4.98 Å². The zero-order valence-corrected chi connectivity index (χ0v) is 5.02. The van der Waals surface area contributed by atoms with Crippen LogP contribution in [0, 0.1) is 18.2 Å². The van der Waals surface area contributed by atoms with Gasteiger partial charge in [0.05, 0.1) is 5.56 Å². The summed E-state index contributed by atoms with van der Waals surface area (Å²) >= 11 is 0. The molecule has 0 spiro atoms. The first-order valence-electron chi connectivity index (χ1n) is 2.59. The van der Waals surface area contributed by atoms with E-state index in [0.717, 1.165) is 12.3 Å². The van der Waals surface area contributed by atoms with Crippen LogP contribution in [-0.2, 0) is 0 Å². The third-order valence-corrected chi connectivity index (χ3v) is 1.03. The Hall–Kier alpha value is -1.56. The van der Waals surface area contributed by atoms with E-state index < -0.39 is 11.4 Å². The van der Waals surface area contributed by atoms with Gasteiger partial charge in [-0.25, -0.2) is 4.39 Å². The van der Waals surface area contributed by atoms with E-state index in [1.807, 2.05) is 5.92 Å². The number of rotatable bonds is 0. The highest BCUT2D eigenvalue weighted by molar-refractivity contribution is 5.30. The van der Waals surface area contributed by atoms with Gasteiger partial charge >= 0.3 is 0 Å². The molecule has 1 aromatic heterocycles. The van der Waals surface area contributed by atoms with Crippen molar-refractivity contribution in [2.45, 2.75) is 0 Å². The van der Waals surface area contributed by atoms with Crippen molar-refractivity contribution in [3.05, 3.63) is 34.0 Å². The lowest BCUT2D eigenvalue weighted by atomic mass is 10.3. The van der Waals surface area contributed by atoms with Crippen molar-refractivity contribution < 1.29 is 4.39 Å². The molecule has 0 radical (unpaired) electrons. The Bertz CT molecular complexity index is 334. The number of aromatic nitrogens is 1. The zero-order chi connectivity index (χ0) is 7.56. The molecule has 0 fully saturated rings. The smallest absolute Gasteiger partial charge is 0.249 e. The van der Waals surface area contributed by atoms with Crippen LogP contribution >= 0.6 is 0 Å². The summed E-state index contributed by atoms with van der Waals surface area (Å²) < 4.78 is 12.5. The number of nitrogens with one attached hydrogen (secondary N) is 1. The van der Waals surface area contributed by atoms with Crippen molar-refractivity contribution in [2.24, 2.45) is 0 Å². The van der Waals surface area contributed by atoms with Crippen molar-refractivity contribution in [2.75, 3.05) is 0 Å². The van der Waals surface area contributed by atoms with Crippen LogP contribution in [0.25, 0.3) is 0 Å². The summed E-state index contributed by atoms with van der Waals surface area (Å²) in [4.78, 5) is 12.6. The van der Waals surface area contributed by atoms with Crippen LogP contribution in [-0.4, -0.2) is 4.98 Å². The predicted octanol–water partition coefficient (Wildman–Crippen LogP) is 0.495. The molecule has 0 saturated carbocycles. The Balaban J connectivity index is 3.40. The molecule has 0 saturated heterocycles. The molecule has 50 valence electrons. The minimum absolute atomic E-state index is 0.0104. The fraction of sp³-hybridized carbons (Fsp3) is 0. The molecule has 1 aromatic rings. The topological polar surface area (TPSA) is 32.9 Å². The van der Waals surface area contributed by atoms with Crippen LogP contribution in [0.15, 0.2) is 17.1 Å². The van der Waals surface area contributed by atoms with E-state index in [-0.39, 0.29) is 5.56 Å². The van der Waals surface area contributed by atoms with Gasteiger partial charge in [-0.15, -0.1) is 6.42 Å². The molecule has 0 atom stereocenters. The monoisotopic (exact) mass is 137 g/mol.